The van der Waals surface area contributed by atoms with E-state index in [2.05, 4.69) is 10.6 Å². The molecule has 0 aliphatic carbocycles. The number of carbonyl (C=O) groups excluding carboxylic acids is 2. The fourth-order valence-electron chi connectivity index (χ4n) is 2.46. The normalized spacial score (nSPS) is 11.1. The van der Waals surface area contributed by atoms with Gasteiger partial charge in [-0.2, -0.15) is 0 Å². The highest BCUT2D eigenvalue weighted by atomic mass is 16.5. The molecule has 0 saturated heterocycles. The van der Waals surface area contributed by atoms with Crippen molar-refractivity contribution in [3.63, 3.8) is 0 Å². The molecule has 0 unspecified atom stereocenters. The molecular weight excluding hydrogens is 354 g/mol. The molecule has 28 heavy (non-hydrogen) atoms. The Morgan fingerprint density at radius 2 is 1.68 bits per heavy atom. The molecule has 6 heteroatoms. The van der Waals surface area contributed by atoms with E-state index in [0.717, 1.165) is 16.8 Å². The predicted molar refractivity (Wildman–Crippen MR) is 112 cm³/mol. The largest absolute Gasteiger partial charge is 0.383 e. The zero-order chi connectivity index (χ0) is 20.5. The van der Waals surface area contributed by atoms with Gasteiger partial charge in [0.2, 0.25) is 0 Å². The second-order valence-electron chi connectivity index (χ2n) is 6.61. The van der Waals surface area contributed by atoms with E-state index in [-0.39, 0.29) is 17.5 Å². The highest BCUT2D eigenvalue weighted by Crippen LogP contribution is 2.14. The molecule has 0 radical (unpaired) electrons. The maximum Gasteiger partial charge on any atom is 0.267 e. The van der Waals surface area contributed by atoms with Gasteiger partial charge in [0.1, 0.15) is 5.70 Å². The van der Waals surface area contributed by atoms with Crippen LogP contribution in [-0.2, 0) is 9.53 Å². The van der Waals surface area contributed by atoms with Crippen molar-refractivity contribution in [2.45, 2.75) is 6.92 Å². The second kappa shape index (κ2) is 10.3. The van der Waals surface area contributed by atoms with Crippen LogP contribution in [0.5, 0.6) is 0 Å². The number of amides is 2. The minimum absolute atomic E-state index is 0.180. The van der Waals surface area contributed by atoms with Gasteiger partial charge in [-0.1, -0.05) is 29.8 Å². The summed E-state index contributed by atoms with van der Waals surface area (Å²) in [6.45, 7) is 2.70. The zero-order valence-electron chi connectivity index (χ0n) is 16.8. The first-order valence-corrected chi connectivity index (χ1v) is 9.05. The summed E-state index contributed by atoms with van der Waals surface area (Å²) in [6.07, 6.45) is 1.66. The average molecular weight is 381 g/mol. The Kier molecular flexibility index (Phi) is 7.77. The van der Waals surface area contributed by atoms with Crippen molar-refractivity contribution in [1.29, 1.82) is 0 Å². The zero-order valence-corrected chi connectivity index (χ0v) is 16.8. The van der Waals surface area contributed by atoms with Crippen molar-refractivity contribution < 1.29 is 14.3 Å². The number of anilines is 1. The number of rotatable bonds is 8. The van der Waals surface area contributed by atoms with Crippen molar-refractivity contribution in [1.82, 2.24) is 10.6 Å². The Bertz CT molecular complexity index is 825. The third kappa shape index (κ3) is 6.25. The third-order valence-electron chi connectivity index (χ3n) is 4.12. The summed E-state index contributed by atoms with van der Waals surface area (Å²) >= 11 is 0. The molecule has 0 atom stereocenters. The molecular formula is C22H27N3O3. The van der Waals surface area contributed by atoms with Gasteiger partial charge in [-0.15, -0.1) is 0 Å². The number of nitrogens with zero attached hydrogens (tertiary/aromatic N) is 1. The summed E-state index contributed by atoms with van der Waals surface area (Å²) in [6, 6.07) is 14.9. The van der Waals surface area contributed by atoms with E-state index in [1.807, 2.05) is 62.3 Å². The summed E-state index contributed by atoms with van der Waals surface area (Å²) in [5, 5.41) is 5.47. The Hall–Kier alpha value is -3.12. The van der Waals surface area contributed by atoms with Crippen molar-refractivity contribution in [2.24, 2.45) is 0 Å². The minimum atomic E-state index is -0.366. The summed E-state index contributed by atoms with van der Waals surface area (Å²) in [5.41, 5.74) is 3.59. The lowest BCUT2D eigenvalue weighted by molar-refractivity contribution is -0.117. The highest BCUT2D eigenvalue weighted by molar-refractivity contribution is 6.05. The van der Waals surface area contributed by atoms with E-state index >= 15 is 0 Å². The lowest BCUT2D eigenvalue weighted by Crippen LogP contribution is -2.36. The summed E-state index contributed by atoms with van der Waals surface area (Å²) in [7, 11) is 5.48. The van der Waals surface area contributed by atoms with E-state index < -0.39 is 0 Å². The third-order valence-corrected chi connectivity index (χ3v) is 4.12. The fourth-order valence-corrected chi connectivity index (χ4v) is 2.46. The van der Waals surface area contributed by atoms with Gasteiger partial charge in [-0.05, 0) is 42.8 Å². The molecule has 2 aromatic rings. The molecule has 2 aromatic carbocycles. The van der Waals surface area contributed by atoms with Gasteiger partial charge in [-0.25, -0.2) is 0 Å². The Balaban J connectivity index is 2.23. The highest BCUT2D eigenvalue weighted by Gasteiger charge is 2.14. The number of aryl methyl sites for hydroxylation is 1. The lowest BCUT2D eigenvalue weighted by atomic mass is 10.1. The summed E-state index contributed by atoms with van der Waals surface area (Å²) in [4.78, 5) is 27.1. The summed E-state index contributed by atoms with van der Waals surface area (Å²) < 4.78 is 4.96. The number of ether oxygens (including phenoxy) is 1. The van der Waals surface area contributed by atoms with Crippen LogP contribution >= 0.6 is 0 Å². The van der Waals surface area contributed by atoms with E-state index in [0.29, 0.717) is 18.7 Å². The summed E-state index contributed by atoms with van der Waals surface area (Å²) in [5.74, 6) is -0.702. The van der Waals surface area contributed by atoms with Gasteiger partial charge < -0.3 is 20.3 Å². The van der Waals surface area contributed by atoms with Crippen LogP contribution < -0.4 is 15.5 Å². The van der Waals surface area contributed by atoms with Crippen LogP contribution in [0.15, 0.2) is 54.2 Å². The standard InChI is InChI=1S/C22H27N3O3/c1-16-5-9-18(10-6-16)21(26)24-20(22(27)23-13-14-28-4)15-17-7-11-19(12-8-17)25(2)3/h5-12,15H,13-14H2,1-4H3,(H,23,27)(H,24,26)/b20-15-. The molecule has 0 heterocycles. The first-order chi connectivity index (χ1) is 13.4. The molecule has 6 nitrogen and oxygen atoms in total. The fraction of sp³-hybridized carbons (Fsp3) is 0.273. The smallest absolute Gasteiger partial charge is 0.267 e. The van der Waals surface area contributed by atoms with Crippen LogP contribution in [0.25, 0.3) is 6.08 Å². The van der Waals surface area contributed by atoms with Crippen molar-refractivity contribution in [2.75, 3.05) is 39.3 Å². The maximum atomic E-state index is 12.6. The molecule has 0 saturated carbocycles. The van der Waals surface area contributed by atoms with Gasteiger partial charge in [0.05, 0.1) is 6.61 Å². The molecule has 2 N–H and O–H groups in total. The van der Waals surface area contributed by atoms with Crippen molar-refractivity contribution in [3.8, 4) is 0 Å². The van der Waals surface area contributed by atoms with Crippen LogP contribution in [0.3, 0.4) is 0 Å². The first-order valence-electron chi connectivity index (χ1n) is 9.05. The Morgan fingerprint density at radius 1 is 1.04 bits per heavy atom. The number of nitrogens with one attached hydrogen (secondary N) is 2. The van der Waals surface area contributed by atoms with Gasteiger partial charge in [0.25, 0.3) is 11.8 Å². The Labute approximate surface area is 166 Å². The van der Waals surface area contributed by atoms with E-state index in [4.69, 9.17) is 4.74 Å². The van der Waals surface area contributed by atoms with E-state index in [1.165, 1.54) is 0 Å². The topological polar surface area (TPSA) is 70.7 Å². The molecule has 2 amide bonds. The molecule has 0 aliphatic rings. The molecule has 0 aliphatic heterocycles. The quantitative estimate of drug-likeness (QED) is 0.545. The molecule has 0 aromatic heterocycles. The van der Waals surface area contributed by atoms with Gasteiger partial charge in [-0.3, -0.25) is 9.59 Å². The first kappa shape index (κ1) is 21.2. The van der Waals surface area contributed by atoms with Gasteiger partial charge in [0.15, 0.2) is 0 Å². The number of carbonyl (C=O) groups is 2. The van der Waals surface area contributed by atoms with Crippen LogP contribution in [0.1, 0.15) is 21.5 Å². The van der Waals surface area contributed by atoms with E-state index in [9.17, 15) is 9.59 Å². The molecule has 148 valence electrons. The SMILES string of the molecule is COCCNC(=O)/C(=C/c1ccc(N(C)C)cc1)NC(=O)c1ccc(C)cc1. The van der Waals surface area contributed by atoms with Crippen molar-refractivity contribution in [3.05, 3.63) is 70.9 Å². The monoisotopic (exact) mass is 381 g/mol. The van der Waals surface area contributed by atoms with Crippen LogP contribution in [0.4, 0.5) is 5.69 Å². The Morgan fingerprint density at radius 3 is 2.25 bits per heavy atom. The van der Waals surface area contributed by atoms with Crippen molar-refractivity contribution >= 4 is 23.6 Å². The lowest BCUT2D eigenvalue weighted by Gasteiger charge is -2.13. The van der Waals surface area contributed by atoms with Gasteiger partial charge in [0, 0.05) is 39.0 Å². The minimum Gasteiger partial charge on any atom is -0.383 e. The predicted octanol–water partition coefficient (Wildman–Crippen LogP) is 2.59. The van der Waals surface area contributed by atoms with Crippen LogP contribution in [-0.4, -0.2) is 46.2 Å². The molecule has 0 fully saturated rings. The van der Waals surface area contributed by atoms with Crippen LogP contribution in [0.2, 0.25) is 0 Å². The van der Waals surface area contributed by atoms with Crippen LogP contribution in [0, 0.1) is 6.92 Å². The number of benzene rings is 2. The average Bonchev–Trinajstić information content (AvgIpc) is 2.68. The number of methoxy groups -OCH3 is 1. The molecule has 0 spiro atoms. The molecule has 2 rings (SSSR count). The number of hydrogen-bond acceptors (Lipinski definition) is 4. The maximum absolute atomic E-state index is 12.6. The molecule has 0 bridgehead atoms. The second-order valence-corrected chi connectivity index (χ2v) is 6.61. The number of hydrogen-bond donors (Lipinski definition) is 2. The van der Waals surface area contributed by atoms with Gasteiger partial charge >= 0.3 is 0 Å². The van der Waals surface area contributed by atoms with E-state index in [1.54, 1.807) is 25.3 Å².